The van der Waals surface area contributed by atoms with Crippen molar-refractivity contribution in [2.24, 2.45) is 5.41 Å². The van der Waals surface area contributed by atoms with Crippen molar-refractivity contribution < 1.29 is 14.7 Å². The third-order valence-corrected chi connectivity index (χ3v) is 6.24. The molecule has 0 saturated heterocycles. The minimum Gasteiger partial charge on any atom is -0.481 e. The zero-order valence-corrected chi connectivity index (χ0v) is 12.4. The lowest BCUT2D eigenvalue weighted by molar-refractivity contribution is -0.151. The van der Waals surface area contributed by atoms with Gasteiger partial charge in [0.05, 0.1) is 5.41 Å². The lowest BCUT2D eigenvalue weighted by Gasteiger charge is -2.40. The van der Waals surface area contributed by atoms with E-state index in [1.165, 1.54) is 6.42 Å². The standard InChI is InChI=1S/C14H23NO3S/c1-19-14(7-4-8-14)10-15-11(16)9-13(12(17)18)5-2-3-6-13/h2-10H2,1H3,(H,15,16)(H,17,18). The lowest BCUT2D eigenvalue weighted by Crippen LogP contribution is -2.46. The summed E-state index contributed by atoms with van der Waals surface area (Å²) in [5.74, 6) is -0.895. The van der Waals surface area contributed by atoms with Crippen molar-refractivity contribution >= 4 is 23.6 Å². The number of carbonyl (C=O) groups is 2. The van der Waals surface area contributed by atoms with Crippen LogP contribution in [0.15, 0.2) is 0 Å². The molecule has 1 amide bonds. The van der Waals surface area contributed by atoms with E-state index in [0.717, 1.165) is 25.7 Å². The summed E-state index contributed by atoms with van der Waals surface area (Å²) in [5.41, 5.74) is -0.795. The Labute approximate surface area is 118 Å². The summed E-state index contributed by atoms with van der Waals surface area (Å²) in [6.45, 7) is 0.683. The Morgan fingerprint density at radius 3 is 2.21 bits per heavy atom. The molecule has 0 heterocycles. The summed E-state index contributed by atoms with van der Waals surface area (Å²) in [6, 6.07) is 0. The second kappa shape index (κ2) is 5.73. The minimum atomic E-state index is -0.802. The smallest absolute Gasteiger partial charge is 0.310 e. The topological polar surface area (TPSA) is 66.4 Å². The van der Waals surface area contributed by atoms with Crippen LogP contribution in [0.5, 0.6) is 0 Å². The number of carbonyl (C=O) groups excluding carboxylic acids is 1. The van der Waals surface area contributed by atoms with Gasteiger partial charge in [-0.25, -0.2) is 0 Å². The highest BCUT2D eigenvalue weighted by Crippen LogP contribution is 2.43. The van der Waals surface area contributed by atoms with Crippen LogP contribution in [-0.4, -0.2) is 34.5 Å². The normalized spacial score (nSPS) is 23.6. The molecule has 2 saturated carbocycles. The van der Waals surface area contributed by atoms with Gasteiger partial charge in [0.15, 0.2) is 0 Å². The molecule has 0 aromatic rings. The Hall–Kier alpha value is -0.710. The molecule has 0 bridgehead atoms. The number of carboxylic acids is 1. The highest BCUT2D eigenvalue weighted by molar-refractivity contribution is 8.00. The fourth-order valence-electron chi connectivity index (χ4n) is 3.17. The molecule has 2 aliphatic carbocycles. The molecule has 0 aliphatic heterocycles. The number of aliphatic carboxylic acids is 1. The Morgan fingerprint density at radius 1 is 1.16 bits per heavy atom. The molecule has 2 rings (SSSR count). The maximum absolute atomic E-state index is 12.0. The van der Waals surface area contributed by atoms with Gasteiger partial charge in [0.25, 0.3) is 0 Å². The minimum absolute atomic E-state index is 0.0929. The first-order chi connectivity index (χ1) is 9.02. The SMILES string of the molecule is CSC1(CNC(=O)CC2(C(=O)O)CCCC2)CCC1. The van der Waals surface area contributed by atoms with Crippen molar-refractivity contribution in [3.8, 4) is 0 Å². The Morgan fingerprint density at radius 2 is 1.79 bits per heavy atom. The second-order valence-corrected chi connectivity index (χ2v) is 7.26. The summed E-state index contributed by atoms with van der Waals surface area (Å²) in [4.78, 5) is 23.4. The molecule has 2 aliphatic rings. The van der Waals surface area contributed by atoms with Gasteiger partial charge in [-0.2, -0.15) is 11.8 Å². The van der Waals surface area contributed by atoms with Gasteiger partial charge in [-0.3, -0.25) is 9.59 Å². The molecule has 0 spiro atoms. The summed E-state index contributed by atoms with van der Waals surface area (Å²) in [6.07, 6.45) is 8.90. The van der Waals surface area contributed by atoms with Crippen LogP contribution in [0.3, 0.4) is 0 Å². The molecule has 2 fully saturated rings. The van der Waals surface area contributed by atoms with Crippen molar-refractivity contribution in [2.45, 2.75) is 56.1 Å². The first-order valence-electron chi connectivity index (χ1n) is 7.07. The van der Waals surface area contributed by atoms with E-state index >= 15 is 0 Å². The number of rotatable bonds is 6. The number of hydrogen-bond acceptors (Lipinski definition) is 3. The van der Waals surface area contributed by atoms with Crippen LogP contribution in [0.25, 0.3) is 0 Å². The Kier molecular flexibility index (Phi) is 4.43. The number of amides is 1. The molecule has 0 radical (unpaired) electrons. The van der Waals surface area contributed by atoms with E-state index in [-0.39, 0.29) is 17.1 Å². The molecule has 108 valence electrons. The van der Waals surface area contributed by atoms with Crippen LogP contribution in [0.2, 0.25) is 0 Å². The van der Waals surface area contributed by atoms with E-state index in [2.05, 4.69) is 11.6 Å². The Bertz CT molecular complexity index is 354. The zero-order chi connectivity index (χ0) is 13.9. The zero-order valence-electron chi connectivity index (χ0n) is 11.5. The monoisotopic (exact) mass is 285 g/mol. The summed E-state index contributed by atoms with van der Waals surface area (Å²) < 4.78 is 0.210. The van der Waals surface area contributed by atoms with Gasteiger partial charge in [-0.05, 0) is 31.9 Å². The molecule has 4 nitrogen and oxygen atoms in total. The summed E-state index contributed by atoms with van der Waals surface area (Å²) in [5, 5.41) is 12.3. The van der Waals surface area contributed by atoms with E-state index in [1.54, 1.807) is 0 Å². The van der Waals surface area contributed by atoms with Crippen LogP contribution >= 0.6 is 11.8 Å². The predicted molar refractivity (Wildman–Crippen MR) is 76.3 cm³/mol. The van der Waals surface area contributed by atoms with Gasteiger partial charge in [-0.1, -0.05) is 19.3 Å². The number of nitrogens with one attached hydrogen (secondary N) is 1. The lowest BCUT2D eigenvalue weighted by atomic mass is 9.81. The van der Waals surface area contributed by atoms with Gasteiger partial charge >= 0.3 is 5.97 Å². The van der Waals surface area contributed by atoms with Gasteiger partial charge in [0.1, 0.15) is 0 Å². The van der Waals surface area contributed by atoms with E-state index < -0.39 is 11.4 Å². The van der Waals surface area contributed by atoms with Crippen LogP contribution in [0, 0.1) is 5.41 Å². The molecule has 2 N–H and O–H groups in total. The van der Waals surface area contributed by atoms with Crippen molar-refractivity contribution in [3.05, 3.63) is 0 Å². The molecule has 0 aromatic heterocycles. The molecule has 0 unspecified atom stereocenters. The van der Waals surface area contributed by atoms with Crippen LogP contribution in [0.4, 0.5) is 0 Å². The van der Waals surface area contributed by atoms with Crippen molar-refractivity contribution in [1.29, 1.82) is 0 Å². The van der Waals surface area contributed by atoms with Crippen molar-refractivity contribution in [2.75, 3.05) is 12.8 Å². The van der Waals surface area contributed by atoms with Crippen molar-refractivity contribution in [3.63, 3.8) is 0 Å². The third kappa shape index (κ3) is 3.07. The molecule has 5 heteroatoms. The van der Waals surface area contributed by atoms with Crippen molar-refractivity contribution in [1.82, 2.24) is 5.32 Å². The first kappa shape index (κ1) is 14.7. The average molecular weight is 285 g/mol. The molecular formula is C14H23NO3S. The molecule has 19 heavy (non-hydrogen) atoms. The fourth-order valence-corrected chi connectivity index (χ4v) is 4.09. The van der Waals surface area contributed by atoms with Gasteiger partial charge < -0.3 is 10.4 Å². The third-order valence-electron chi connectivity index (χ3n) is 4.82. The van der Waals surface area contributed by atoms with E-state index in [1.807, 2.05) is 11.8 Å². The average Bonchev–Trinajstić information content (AvgIpc) is 2.78. The second-order valence-electron chi connectivity index (χ2n) is 5.99. The molecular weight excluding hydrogens is 262 g/mol. The van der Waals surface area contributed by atoms with E-state index in [0.29, 0.717) is 19.4 Å². The largest absolute Gasteiger partial charge is 0.481 e. The van der Waals surface area contributed by atoms with Crippen LogP contribution in [-0.2, 0) is 9.59 Å². The van der Waals surface area contributed by atoms with Gasteiger partial charge in [0, 0.05) is 17.7 Å². The summed E-state index contributed by atoms with van der Waals surface area (Å²) in [7, 11) is 0. The van der Waals surface area contributed by atoms with Crippen LogP contribution < -0.4 is 5.32 Å². The van der Waals surface area contributed by atoms with E-state index in [4.69, 9.17) is 0 Å². The number of thioether (sulfide) groups is 1. The fraction of sp³-hybridized carbons (Fsp3) is 0.857. The van der Waals surface area contributed by atoms with Gasteiger partial charge in [-0.15, -0.1) is 0 Å². The van der Waals surface area contributed by atoms with E-state index in [9.17, 15) is 14.7 Å². The van der Waals surface area contributed by atoms with Gasteiger partial charge in [0.2, 0.25) is 5.91 Å². The maximum Gasteiger partial charge on any atom is 0.310 e. The first-order valence-corrected chi connectivity index (χ1v) is 8.30. The Balaban J connectivity index is 1.85. The molecule has 0 atom stereocenters. The highest BCUT2D eigenvalue weighted by atomic mass is 32.2. The van der Waals surface area contributed by atoms with Crippen LogP contribution in [0.1, 0.15) is 51.4 Å². The summed E-state index contributed by atoms with van der Waals surface area (Å²) >= 11 is 1.82. The number of carboxylic acid groups (broad SMARTS) is 1. The highest BCUT2D eigenvalue weighted by Gasteiger charge is 2.43. The number of hydrogen-bond donors (Lipinski definition) is 2. The maximum atomic E-state index is 12.0. The predicted octanol–water partition coefficient (Wildman–Crippen LogP) is 2.42. The molecule has 0 aromatic carbocycles. The quantitative estimate of drug-likeness (QED) is 0.786.